The van der Waals surface area contributed by atoms with Crippen molar-refractivity contribution < 1.29 is 4.79 Å². The molecule has 3 aromatic rings. The maximum Gasteiger partial charge on any atom is 0.255 e. The molecule has 1 aromatic heterocycles. The topological polar surface area (TPSA) is 46.9 Å². The van der Waals surface area contributed by atoms with Gasteiger partial charge in [-0.2, -0.15) is 5.10 Å². The van der Waals surface area contributed by atoms with E-state index in [1.807, 2.05) is 53.3 Å². The second-order valence-electron chi connectivity index (χ2n) is 6.40. The van der Waals surface area contributed by atoms with E-state index < -0.39 is 0 Å². The first-order valence-electron chi connectivity index (χ1n) is 8.74. The summed E-state index contributed by atoms with van der Waals surface area (Å²) in [5, 5.41) is 7.30. The van der Waals surface area contributed by atoms with E-state index >= 15 is 0 Å². The molecule has 0 aliphatic heterocycles. The second kappa shape index (κ2) is 8.32. The van der Waals surface area contributed by atoms with Gasteiger partial charge in [0.25, 0.3) is 5.91 Å². The molecule has 1 atom stereocenters. The van der Waals surface area contributed by atoms with Crippen LogP contribution < -0.4 is 5.32 Å². The second-order valence-corrected chi connectivity index (χ2v) is 7.32. The van der Waals surface area contributed by atoms with Crippen molar-refractivity contribution in [2.45, 2.75) is 32.7 Å². The summed E-state index contributed by atoms with van der Waals surface area (Å²) in [6, 6.07) is 15.6. The third-order valence-corrected chi connectivity index (χ3v) is 4.92. The lowest BCUT2D eigenvalue weighted by Gasteiger charge is -2.15. The van der Waals surface area contributed by atoms with Gasteiger partial charge in [0, 0.05) is 17.4 Å². The number of nitrogens with zero attached hydrogens (tertiary/aromatic N) is 2. The predicted molar refractivity (Wildman–Crippen MR) is 109 cm³/mol. The van der Waals surface area contributed by atoms with Gasteiger partial charge in [-0.1, -0.05) is 44.2 Å². The minimum absolute atomic E-state index is 0.0888. The molecule has 4 nitrogen and oxygen atoms in total. The number of hydrogen-bond donors (Lipinski definition) is 1. The van der Waals surface area contributed by atoms with Crippen molar-refractivity contribution in [1.82, 2.24) is 9.78 Å². The zero-order valence-corrected chi connectivity index (χ0v) is 16.5. The highest BCUT2D eigenvalue weighted by atomic mass is 79.9. The van der Waals surface area contributed by atoms with Crippen molar-refractivity contribution in [3.05, 3.63) is 82.1 Å². The molecule has 0 saturated heterocycles. The van der Waals surface area contributed by atoms with Crippen LogP contribution in [-0.2, 0) is 6.54 Å². The minimum Gasteiger partial charge on any atom is -0.322 e. The third-order valence-electron chi connectivity index (χ3n) is 4.51. The Kier molecular flexibility index (Phi) is 5.89. The van der Waals surface area contributed by atoms with Crippen LogP contribution in [0.15, 0.2) is 65.4 Å². The molecule has 1 heterocycles. The molecule has 0 bridgehead atoms. The Labute approximate surface area is 162 Å². The fourth-order valence-electron chi connectivity index (χ4n) is 2.83. The highest BCUT2D eigenvalue weighted by Gasteiger charge is 2.12. The average molecular weight is 412 g/mol. The summed E-state index contributed by atoms with van der Waals surface area (Å²) in [6.07, 6.45) is 4.72. The zero-order chi connectivity index (χ0) is 18.5. The van der Waals surface area contributed by atoms with Crippen LogP contribution in [0.2, 0.25) is 0 Å². The third kappa shape index (κ3) is 4.41. The molecule has 2 aromatic carbocycles. The maximum atomic E-state index is 12.6. The Balaban J connectivity index is 1.71. The van der Waals surface area contributed by atoms with Gasteiger partial charge < -0.3 is 5.32 Å². The number of halogens is 1. The monoisotopic (exact) mass is 411 g/mol. The molecule has 1 amide bonds. The molecule has 0 radical (unpaired) electrons. The van der Waals surface area contributed by atoms with Gasteiger partial charge >= 0.3 is 0 Å². The highest BCUT2D eigenvalue weighted by Crippen LogP contribution is 2.26. The summed E-state index contributed by atoms with van der Waals surface area (Å²) in [5.74, 6) is 0.316. The number of carbonyl (C=O) groups excluding carboxylic acids is 1. The fourth-order valence-corrected chi connectivity index (χ4v) is 3.16. The molecular formula is C21H22BrN3O. The summed E-state index contributed by atoms with van der Waals surface area (Å²) in [4.78, 5) is 12.6. The molecule has 1 N–H and O–H groups in total. The van der Waals surface area contributed by atoms with Gasteiger partial charge in [0.2, 0.25) is 0 Å². The summed E-state index contributed by atoms with van der Waals surface area (Å²) in [5.41, 5.74) is 3.80. The number of amides is 1. The van der Waals surface area contributed by atoms with Crippen molar-refractivity contribution >= 4 is 27.5 Å². The van der Waals surface area contributed by atoms with Crippen LogP contribution >= 0.6 is 15.9 Å². The van der Waals surface area contributed by atoms with Crippen molar-refractivity contribution in [2.75, 3.05) is 5.32 Å². The molecule has 0 spiro atoms. The fraction of sp³-hybridized carbons (Fsp3) is 0.238. The Morgan fingerprint density at radius 1 is 1.19 bits per heavy atom. The van der Waals surface area contributed by atoms with Gasteiger partial charge in [0.15, 0.2) is 0 Å². The van der Waals surface area contributed by atoms with E-state index in [0.29, 0.717) is 18.0 Å². The SMILES string of the molecule is CC[C@H](C)c1ccccc1NC(=O)c1ccc(Cn2cc(Br)cn2)cc1. The highest BCUT2D eigenvalue weighted by molar-refractivity contribution is 9.10. The quantitative estimate of drug-likeness (QED) is 0.585. The normalized spacial score (nSPS) is 12.0. The van der Waals surface area contributed by atoms with E-state index in [9.17, 15) is 4.79 Å². The molecule has 0 unspecified atom stereocenters. The van der Waals surface area contributed by atoms with E-state index in [0.717, 1.165) is 22.1 Å². The molecule has 5 heteroatoms. The number of rotatable bonds is 6. The average Bonchev–Trinajstić information content (AvgIpc) is 3.07. The van der Waals surface area contributed by atoms with Gasteiger partial charge in [0.05, 0.1) is 17.2 Å². The van der Waals surface area contributed by atoms with Crippen LogP contribution in [0.4, 0.5) is 5.69 Å². The van der Waals surface area contributed by atoms with Crippen LogP contribution in [-0.4, -0.2) is 15.7 Å². The molecule has 0 saturated carbocycles. The Morgan fingerprint density at radius 2 is 1.92 bits per heavy atom. The summed E-state index contributed by atoms with van der Waals surface area (Å²) >= 11 is 3.39. The van der Waals surface area contributed by atoms with E-state index in [1.54, 1.807) is 6.20 Å². The lowest BCUT2D eigenvalue weighted by atomic mass is 9.96. The van der Waals surface area contributed by atoms with E-state index in [4.69, 9.17) is 0 Å². The van der Waals surface area contributed by atoms with E-state index in [-0.39, 0.29) is 5.91 Å². The molecule has 134 valence electrons. The number of hydrogen-bond acceptors (Lipinski definition) is 2. The molecule has 0 aliphatic rings. The molecule has 0 fully saturated rings. The van der Waals surface area contributed by atoms with E-state index in [2.05, 4.69) is 46.3 Å². The zero-order valence-electron chi connectivity index (χ0n) is 14.9. The lowest BCUT2D eigenvalue weighted by molar-refractivity contribution is 0.102. The number of aromatic nitrogens is 2. The summed E-state index contributed by atoms with van der Waals surface area (Å²) in [7, 11) is 0. The van der Waals surface area contributed by atoms with Crippen molar-refractivity contribution in [1.29, 1.82) is 0 Å². The number of benzene rings is 2. The van der Waals surface area contributed by atoms with Crippen LogP contribution in [0.25, 0.3) is 0 Å². The van der Waals surface area contributed by atoms with Crippen molar-refractivity contribution in [2.24, 2.45) is 0 Å². The predicted octanol–water partition coefficient (Wildman–Crippen LogP) is 5.46. The minimum atomic E-state index is -0.0888. The lowest BCUT2D eigenvalue weighted by Crippen LogP contribution is -2.14. The van der Waals surface area contributed by atoms with Crippen molar-refractivity contribution in [3.8, 4) is 0 Å². The number of para-hydroxylation sites is 1. The van der Waals surface area contributed by atoms with Crippen LogP contribution in [0.3, 0.4) is 0 Å². The van der Waals surface area contributed by atoms with Gasteiger partial charge in [-0.15, -0.1) is 0 Å². The Bertz CT molecular complexity index is 886. The molecule has 26 heavy (non-hydrogen) atoms. The first kappa shape index (κ1) is 18.4. The molecule has 3 rings (SSSR count). The van der Waals surface area contributed by atoms with Crippen LogP contribution in [0, 0.1) is 0 Å². The van der Waals surface area contributed by atoms with Crippen molar-refractivity contribution in [3.63, 3.8) is 0 Å². The Morgan fingerprint density at radius 3 is 2.58 bits per heavy atom. The van der Waals surface area contributed by atoms with E-state index in [1.165, 1.54) is 5.56 Å². The van der Waals surface area contributed by atoms with Gasteiger partial charge in [-0.25, -0.2) is 0 Å². The first-order valence-corrected chi connectivity index (χ1v) is 9.53. The number of anilines is 1. The Hall–Kier alpha value is -2.40. The van der Waals surface area contributed by atoms with Gasteiger partial charge in [0.1, 0.15) is 0 Å². The molecule has 0 aliphatic carbocycles. The van der Waals surface area contributed by atoms with Crippen LogP contribution in [0.1, 0.15) is 47.7 Å². The number of carbonyl (C=O) groups is 1. The van der Waals surface area contributed by atoms with Crippen LogP contribution in [0.5, 0.6) is 0 Å². The maximum absolute atomic E-state index is 12.6. The largest absolute Gasteiger partial charge is 0.322 e. The molecular weight excluding hydrogens is 390 g/mol. The standard InChI is InChI=1S/C21H22BrN3O/c1-3-15(2)19-6-4-5-7-20(19)24-21(26)17-10-8-16(9-11-17)13-25-14-18(22)12-23-25/h4-12,14-15H,3,13H2,1-2H3,(H,24,26)/t15-/m0/s1. The summed E-state index contributed by atoms with van der Waals surface area (Å²) < 4.78 is 2.80. The van der Waals surface area contributed by atoms with Gasteiger partial charge in [-0.05, 0) is 57.6 Å². The smallest absolute Gasteiger partial charge is 0.255 e. The first-order chi connectivity index (χ1) is 12.6. The summed E-state index contributed by atoms with van der Waals surface area (Å²) in [6.45, 7) is 5.00. The number of nitrogens with one attached hydrogen (secondary N) is 1. The van der Waals surface area contributed by atoms with Gasteiger partial charge in [-0.3, -0.25) is 9.48 Å².